The Hall–Kier alpha value is -1.64. The number of amides is 1. The van der Waals surface area contributed by atoms with Crippen LogP contribution in [-0.2, 0) is 26.1 Å². The molecule has 0 radical (unpaired) electrons. The summed E-state index contributed by atoms with van der Waals surface area (Å²) >= 11 is 0. The van der Waals surface area contributed by atoms with Crippen LogP contribution in [0.25, 0.3) is 0 Å². The monoisotopic (exact) mass is 344 g/mol. The first-order valence-electron chi connectivity index (χ1n) is 7.13. The molecule has 1 unspecified atom stereocenters. The highest BCUT2D eigenvalue weighted by Gasteiger charge is 2.11. The zero-order valence-electron chi connectivity index (χ0n) is 13.9. The van der Waals surface area contributed by atoms with Gasteiger partial charge in [0, 0.05) is 26.7 Å². The number of benzene rings is 1. The summed E-state index contributed by atoms with van der Waals surface area (Å²) in [5.74, 6) is 0.320. The van der Waals surface area contributed by atoms with Gasteiger partial charge in [0.25, 0.3) is 5.91 Å². The van der Waals surface area contributed by atoms with Gasteiger partial charge >= 0.3 is 0 Å². The lowest BCUT2D eigenvalue weighted by Gasteiger charge is -2.15. The molecule has 8 heteroatoms. The van der Waals surface area contributed by atoms with E-state index >= 15 is 0 Å². The van der Waals surface area contributed by atoms with E-state index in [9.17, 15) is 13.2 Å². The van der Waals surface area contributed by atoms with Crippen molar-refractivity contribution in [2.45, 2.75) is 19.5 Å². The maximum absolute atomic E-state index is 11.7. The Kier molecular flexibility index (Phi) is 7.47. The summed E-state index contributed by atoms with van der Waals surface area (Å²) in [4.78, 5) is 11.7. The fraction of sp³-hybridized carbons (Fsp3) is 0.533. The van der Waals surface area contributed by atoms with Crippen molar-refractivity contribution in [2.24, 2.45) is 0 Å². The lowest BCUT2D eigenvalue weighted by atomic mass is 10.2. The number of nitrogens with zero attached hydrogens (tertiary/aromatic N) is 1. The number of hydrogen-bond acceptors (Lipinski definition) is 5. The lowest BCUT2D eigenvalue weighted by molar-refractivity contribution is -0.124. The second kappa shape index (κ2) is 8.85. The summed E-state index contributed by atoms with van der Waals surface area (Å²) in [6.45, 7) is 2.48. The molecule has 0 bridgehead atoms. The molecule has 7 nitrogen and oxygen atoms in total. The third-order valence-corrected chi connectivity index (χ3v) is 4.35. The number of rotatable bonds is 9. The van der Waals surface area contributed by atoms with Crippen molar-refractivity contribution in [3.8, 4) is 5.75 Å². The molecular formula is C15H24N2O5S. The van der Waals surface area contributed by atoms with E-state index in [0.29, 0.717) is 12.4 Å². The third-order valence-electron chi connectivity index (χ3n) is 3.09. The normalized spacial score (nSPS) is 12.9. The first-order chi connectivity index (χ1) is 10.7. The molecule has 0 saturated carbocycles. The Labute approximate surface area is 137 Å². The minimum Gasteiger partial charge on any atom is -0.484 e. The summed E-state index contributed by atoms with van der Waals surface area (Å²) in [5, 5.41) is 2.74. The van der Waals surface area contributed by atoms with Gasteiger partial charge in [0.05, 0.1) is 12.9 Å². The van der Waals surface area contributed by atoms with Crippen molar-refractivity contribution in [1.29, 1.82) is 0 Å². The Bertz CT molecular complexity index is 601. The molecule has 1 atom stereocenters. The molecule has 1 amide bonds. The first kappa shape index (κ1) is 19.4. The van der Waals surface area contributed by atoms with Crippen LogP contribution < -0.4 is 10.1 Å². The lowest BCUT2D eigenvalue weighted by Crippen LogP contribution is -2.38. The highest BCUT2D eigenvalue weighted by Crippen LogP contribution is 2.14. The highest BCUT2D eigenvalue weighted by molar-refractivity contribution is 7.88. The van der Waals surface area contributed by atoms with E-state index in [1.807, 2.05) is 6.92 Å². The average Bonchev–Trinajstić information content (AvgIpc) is 2.45. The standard InChI is InChI=1S/C15H24N2O5S/c1-12(10-21-3)16-15(18)11-22-14-7-5-13(6-8-14)9-17(2)23(4,19)20/h5-8,12H,9-11H2,1-4H3,(H,16,18). The number of carbonyl (C=O) groups excluding carboxylic acids is 1. The van der Waals surface area contributed by atoms with Crippen LogP contribution in [0.15, 0.2) is 24.3 Å². The average molecular weight is 344 g/mol. The number of methoxy groups -OCH3 is 1. The van der Waals surface area contributed by atoms with Gasteiger partial charge in [-0.3, -0.25) is 4.79 Å². The number of sulfonamides is 1. The van der Waals surface area contributed by atoms with Crippen LogP contribution in [0.2, 0.25) is 0 Å². The van der Waals surface area contributed by atoms with E-state index in [2.05, 4.69) is 5.32 Å². The molecule has 0 aliphatic rings. The summed E-state index contributed by atoms with van der Waals surface area (Å²) in [5.41, 5.74) is 0.837. The molecule has 0 heterocycles. The number of carbonyl (C=O) groups is 1. The number of ether oxygens (including phenoxy) is 2. The maximum atomic E-state index is 11.7. The molecule has 1 N–H and O–H groups in total. The minimum absolute atomic E-state index is 0.0787. The topological polar surface area (TPSA) is 84.9 Å². The zero-order chi connectivity index (χ0) is 17.5. The van der Waals surface area contributed by atoms with Gasteiger partial charge in [-0.05, 0) is 24.6 Å². The summed E-state index contributed by atoms with van der Waals surface area (Å²) in [7, 11) is -0.120. The Morgan fingerprint density at radius 3 is 2.43 bits per heavy atom. The molecular weight excluding hydrogens is 320 g/mol. The van der Waals surface area contributed by atoms with Gasteiger partial charge in [-0.2, -0.15) is 0 Å². The van der Waals surface area contributed by atoms with Crippen LogP contribution in [0.3, 0.4) is 0 Å². The molecule has 1 rings (SSSR count). The minimum atomic E-state index is -3.21. The second-order valence-electron chi connectivity index (χ2n) is 5.38. The SMILES string of the molecule is COCC(C)NC(=O)COc1ccc(CN(C)S(C)(=O)=O)cc1. The molecule has 0 aliphatic carbocycles. The molecule has 0 fully saturated rings. The Morgan fingerprint density at radius 1 is 1.30 bits per heavy atom. The van der Waals surface area contributed by atoms with Gasteiger partial charge in [0.1, 0.15) is 5.75 Å². The van der Waals surface area contributed by atoms with E-state index in [1.165, 1.54) is 11.4 Å². The van der Waals surface area contributed by atoms with E-state index in [1.54, 1.807) is 31.4 Å². The zero-order valence-corrected chi connectivity index (χ0v) is 14.7. The van der Waals surface area contributed by atoms with Crippen molar-refractivity contribution in [3.63, 3.8) is 0 Å². The van der Waals surface area contributed by atoms with E-state index in [-0.39, 0.29) is 25.1 Å². The molecule has 0 aliphatic heterocycles. The second-order valence-corrected chi connectivity index (χ2v) is 7.46. The predicted octanol–water partition coefficient (Wildman–Crippen LogP) is 0.608. The van der Waals surface area contributed by atoms with Crippen molar-refractivity contribution >= 4 is 15.9 Å². The fourth-order valence-electron chi connectivity index (χ4n) is 1.82. The van der Waals surface area contributed by atoms with Crippen LogP contribution in [0.5, 0.6) is 5.75 Å². The Balaban J connectivity index is 2.47. The van der Waals surface area contributed by atoms with Crippen LogP contribution in [-0.4, -0.2) is 58.3 Å². The van der Waals surface area contributed by atoms with Crippen molar-refractivity contribution in [3.05, 3.63) is 29.8 Å². The first-order valence-corrected chi connectivity index (χ1v) is 8.98. The van der Waals surface area contributed by atoms with Gasteiger partial charge in [0.15, 0.2) is 6.61 Å². The van der Waals surface area contributed by atoms with Gasteiger partial charge in [-0.15, -0.1) is 0 Å². The molecule has 1 aromatic carbocycles. The van der Waals surface area contributed by atoms with Crippen molar-refractivity contribution in [1.82, 2.24) is 9.62 Å². The largest absolute Gasteiger partial charge is 0.484 e. The van der Waals surface area contributed by atoms with E-state index in [4.69, 9.17) is 9.47 Å². The van der Waals surface area contributed by atoms with E-state index in [0.717, 1.165) is 11.8 Å². The van der Waals surface area contributed by atoms with Crippen molar-refractivity contribution in [2.75, 3.05) is 33.6 Å². The molecule has 23 heavy (non-hydrogen) atoms. The van der Waals surface area contributed by atoms with Crippen LogP contribution in [0.4, 0.5) is 0 Å². The molecule has 0 aromatic heterocycles. The van der Waals surface area contributed by atoms with Gasteiger partial charge in [-0.1, -0.05) is 12.1 Å². The summed E-state index contributed by atoms with van der Waals surface area (Å²) < 4.78 is 34.3. The fourth-order valence-corrected chi connectivity index (χ4v) is 2.21. The molecule has 130 valence electrons. The number of hydrogen-bond donors (Lipinski definition) is 1. The van der Waals surface area contributed by atoms with E-state index < -0.39 is 10.0 Å². The van der Waals surface area contributed by atoms with Crippen LogP contribution in [0.1, 0.15) is 12.5 Å². The smallest absolute Gasteiger partial charge is 0.258 e. The maximum Gasteiger partial charge on any atom is 0.258 e. The quantitative estimate of drug-likeness (QED) is 0.709. The highest BCUT2D eigenvalue weighted by atomic mass is 32.2. The molecule has 0 saturated heterocycles. The number of nitrogens with one attached hydrogen (secondary N) is 1. The summed E-state index contributed by atoms with van der Waals surface area (Å²) in [6.07, 6.45) is 1.16. The summed E-state index contributed by atoms with van der Waals surface area (Å²) in [6, 6.07) is 6.87. The van der Waals surface area contributed by atoms with Gasteiger partial charge < -0.3 is 14.8 Å². The molecule has 1 aromatic rings. The van der Waals surface area contributed by atoms with Crippen LogP contribution >= 0.6 is 0 Å². The molecule has 0 spiro atoms. The van der Waals surface area contributed by atoms with Gasteiger partial charge in [-0.25, -0.2) is 12.7 Å². The predicted molar refractivity (Wildman–Crippen MR) is 87.7 cm³/mol. The third kappa shape index (κ3) is 7.45. The van der Waals surface area contributed by atoms with Crippen molar-refractivity contribution < 1.29 is 22.7 Å². The van der Waals surface area contributed by atoms with Gasteiger partial charge in [0.2, 0.25) is 10.0 Å². The van der Waals surface area contributed by atoms with Crippen LogP contribution in [0, 0.1) is 0 Å². The Morgan fingerprint density at radius 2 is 1.91 bits per heavy atom.